The van der Waals surface area contributed by atoms with Crippen LogP contribution in [0.25, 0.3) is 0 Å². The minimum Gasteiger partial charge on any atom is -0.380 e. The lowest BCUT2D eigenvalue weighted by Gasteiger charge is -2.36. The quantitative estimate of drug-likeness (QED) is 0.548. The molecule has 32 heavy (non-hydrogen) atoms. The van der Waals surface area contributed by atoms with E-state index < -0.39 is 0 Å². The molecular formula is C27H29N3O2. The van der Waals surface area contributed by atoms with E-state index in [1.54, 1.807) is 0 Å². The smallest absolute Gasteiger partial charge is 0.253 e. The van der Waals surface area contributed by atoms with E-state index >= 15 is 0 Å². The van der Waals surface area contributed by atoms with Gasteiger partial charge in [-0.1, -0.05) is 55.5 Å². The molecule has 1 heterocycles. The van der Waals surface area contributed by atoms with Crippen molar-refractivity contribution < 1.29 is 9.59 Å². The molecule has 5 heteroatoms. The molecule has 0 unspecified atom stereocenters. The Morgan fingerprint density at radius 2 is 1.50 bits per heavy atom. The second-order valence-electron chi connectivity index (χ2n) is 7.99. The maximum atomic E-state index is 12.7. The van der Waals surface area contributed by atoms with E-state index in [1.807, 2.05) is 72.5 Å². The molecular weight excluding hydrogens is 398 g/mol. The van der Waals surface area contributed by atoms with Crippen molar-refractivity contribution in [3.8, 4) is 0 Å². The fourth-order valence-corrected chi connectivity index (χ4v) is 4.03. The van der Waals surface area contributed by atoms with Crippen LogP contribution in [0.4, 0.5) is 11.4 Å². The van der Waals surface area contributed by atoms with Crippen LogP contribution in [-0.4, -0.2) is 42.8 Å². The van der Waals surface area contributed by atoms with Gasteiger partial charge < -0.3 is 15.1 Å². The Morgan fingerprint density at radius 1 is 0.844 bits per heavy atom. The molecule has 5 nitrogen and oxygen atoms in total. The molecule has 1 aliphatic rings. The highest BCUT2D eigenvalue weighted by Gasteiger charge is 2.23. The van der Waals surface area contributed by atoms with E-state index in [-0.39, 0.29) is 11.7 Å². The number of ketones is 1. The van der Waals surface area contributed by atoms with Crippen LogP contribution in [0, 0.1) is 0 Å². The number of Topliss-reactive ketones (excluding diaryl/α,β-unsaturated/α-hetero) is 1. The molecule has 0 aliphatic carbocycles. The summed E-state index contributed by atoms with van der Waals surface area (Å²) in [5.74, 6) is 0.213. The first-order valence-electron chi connectivity index (χ1n) is 11.2. The van der Waals surface area contributed by atoms with Gasteiger partial charge >= 0.3 is 0 Å². The maximum Gasteiger partial charge on any atom is 0.253 e. The molecule has 0 radical (unpaired) electrons. The monoisotopic (exact) mass is 427 g/mol. The third kappa shape index (κ3) is 4.99. The van der Waals surface area contributed by atoms with Crippen molar-refractivity contribution >= 4 is 23.1 Å². The summed E-state index contributed by atoms with van der Waals surface area (Å²) in [5, 5.41) is 3.46. The normalized spacial score (nSPS) is 13.7. The number of hydrogen-bond acceptors (Lipinski definition) is 4. The van der Waals surface area contributed by atoms with Crippen molar-refractivity contribution in [1.82, 2.24) is 4.90 Å². The summed E-state index contributed by atoms with van der Waals surface area (Å²) >= 11 is 0. The lowest BCUT2D eigenvalue weighted by molar-refractivity contribution is 0.0746. The third-order valence-corrected chi connectivity index (χ3v) is 5.90. The Balaban J connectivity index is 1.46. The average Bonchev–Trinajstić information content (AvgIpc) is 2.87. The zero-order valence-corrected chi connectivity index (χ0v) is 18.5. The molecule has 1 fully saturated rings. The first-order chi connectivity index (χ1) is 15.7. The fraction of sp³-hybridized carbons (Fsp3) is 0.259. The molecule has 0 atom stereocenters. The van der Waals surface area contributed by atoms with Crippen LogP contribution in [0.2, 0.25) is 0 Å². The SMILES string of the molecule is CCC(=O)c1ccc(N2CCN(C(=O)c3ccccc3)CC2)cc1NCc1ccccc1. The predicted octanol–water partition coefficient (Wildman–Crippen LogP) is 4.85. The third-order valence-electron chi connectivity index (χ3n) is 5.90. The Bertz CT molecular complexity index is 1060. The molecule has 1 amide bonds. The van der Waals surface area contributed by atoms with Crippen molar-refractivity contribution in [2.24, 2.45) is 0 Å². The van der Waals surface area contributed by atoms with Crippen LogP contribution >= 0.6 is 0 Å². The first kappa shape index (κ1) is 21.6. The number of hydrogen-bond donors (Lipinski definition) is 1. The van der Waals surface area contributed by atoms with Crippen LogP contribution in [0.15, 0.2) is 78.9 Å². The van der Waals surface area contributed by atoms with Gasteiger partial charge in [-0.05, 0) is 35.9 Å². The van der Waals surface area contributed by atoms with Crippen LogP contribution in [-0.2, 0) is 6.54 Å². The van der Waals surface area contributed by atoms with Crippen molar-refractivity contribution in [3.05, 3.63) is 95.6 Å². The lowest BCUT2D eigenvalue weighted by atomic mass is 10.0. The number of carbonyl (C=O) groups excluding carboxylic acids is 2. The highest BCUT2D eigenvalue weighted by Crippen LogP contribution is 2.27. The summed E-state index contributed by atoms with van der Waals surface area (Å²) in [5.41, 5.74) is 4.56. The minimum atomic E-state index is 0.0827. The molecule has 1 saturated heterocycles. The highest BCUT2D eigenvalue weighted by molar-refractivity contribution is 6.01. The molecule has 0 aromatic heterocycles. The van der Waals surface area contributed by atoms with E-state index in [1.165, 1.54) is 5.56 Å². The van der Waals surface area contributed by atoms with Gasteiger partial charge in [0.2, 0.25) is 0 Å². The van der Waals surface area contributed by atoms with Crippen LogP contribution in [0.5, 0.6) is 0 Å². The Kier molecular flexibility index (Phi) is 6.85. The lowest BCUT2D eigenvalue weighted by Crippen LogP contribution is -2.48. The summed E-state index contributed by atoms with van der Waals surface area (Å²) in [6.45, 7) is 5.43. The maximum absolute atomic E-state index is 12.7. The van der Waals surface area contributed by atoms with Gasteiger partial charge in [-0.25, -0.2) is 0 Å². The van der Waals surface area contributed by atoms with Crippen molar-refractivity contribution in [2.75, 3.05) is 36.4 Å². The number of rotatable bonds is 7. The standard InChI is InChI=1S/C27H29N3O2/c1-2-26(31)24-14-13-23(19-25(24)28-20-21-9-5-3-6-10-21)29-15-17-30(18-16-29)27(32)22-11-7-4-8-12-22/h3-14,19,28H,2,15-18,20H2,1H3. The summed E-state index contributed by atoms with van der Waals surface area (Å²) in [6, 6.07) is 25.6. The zero-order chi connectivity index (χ0) is 22.3. The molecule has 0 bridgehead atoms. The second-order valence-corrected chi connectivity index (χ2v) is 7.99. The van der Waals surface area contributed by atoms with Gasteiger partial charge in [-0.3, -0.25) is 9.59 Å². The summed E-state index contributed by atoms with van der Waals surface area (Å²) in [6.07, 6.45) is 0.472. The summed E-state index contributed by atoms with van der Waals surface area (Å²) in [4.78, 5) is 29.4. The number of carbonyl (C=O) groups is 2. The summed E-state index contributed by atoms with van der Waals surface area (Å²) in [7, 11) is 0. The van der Waals surface area contributed by atoms with Crippen LogP contribution < -0.4 is 10.2 Å². The van der Waals surface area contributed by atoms with Crippen molar-refractivity contribution in [1.29, 1.82) is 0 Å². The van der Waals surface area contributed by atoms with E-state index in [2.05, 4.69) is 28.4 Å². The van der Waals surface area contributed by atoms with Gasteiger partial charge in [-0.15, -0.1) is 0 Å². The van der Waals surface area contributed by atoms with Gasteiger partial charge in [0.05, 0.1) is 0 Å². The fourth-order valence-electron chi connectivity index (χ4n) is 4.03. The molecule has 3 aromatic carbocycles. The predicted molar refractivity (Wildman–Crippen MR) is 129 cm³/mol. The number of piperazine rings is 1. The molecule has 164 valence electrons. The number of benzene rings is 3. The molecule has 1 N–H and O–H groups in total. The van der Waals surface area contributed by atoms with E-state index in [0.717, 1.165) is 35.6 Å². The van der Waals surface area contributed by atoms with Crippen molar-refractivity contribution in [3.63, 3.8) is 0 Å². The molecule has 0 spiro atoms. The molecule has 4 rings (SSSR count). The zero-order valence-electron chi connectivity index (χ0n) is 18.5. The Hall–Kier alpha value is -3.60. The van der Waals surface area contributed by atoms with E-state index in [0.29, 0.717) is 26.1 Å². The Morgan fingerprint density at radius 3 is 2.16 bits per heavy atom. The minimum absolute atomic E-state index is 0.0827. The van der Waals surface area contributed by atoms with E-state index in [4.69, 9.17) is 0 Å². The number of nitrogens with zero attached hydrogens (tertiary/aromatic N) is 2. The van der Waals surface area contributed by atoms with Gasteiger partial charge in [0.1, 0.15) is 0 Å². The van der Waals surface area contributed by atoms with E-state index in [9.17, 15) is 9.59 Å². The molecule has 1 aliphatic heterocycles. The highest BCUT2D eigenvalue weighted by atomic mass is 16.2. The van der Waals surface area contributed by atoms with Gasteiger partial charge in [0.15, 0.2) is 5.78 Å². The Labute approximate surface area is 189 Å². The first-order valence-corrected chi connectivity index (χ1v) is 11.2. The average molecular weight is 428 g/mol. The topological polar surface area (TPSA) is 52.7 Å². The van der Waals surface area contributed by atoms with Crippen molar-refractivity contribution in [2.45, 2.75) is 19.9 Å². The second kappa shape index (κ2) is 10.1. The van der Waals surface area contributed by atoms with Crippen LogP contribution in [0.1, 0.15) is 39.6 Å². The van der Waals surface area contributed by atoms with Gasteiger partial charge in [0.25, 0.3) is 5.91 Å². The molecule has 0 saturated carbocycles. The summed E-state index contributed by atoms with van der Waals surface area (Å²) < 4.78 is 0. The van der Waals surface area contributed by atoms with Crippen LogP contribution in [0.3, 0.4) is 0 Å². The van der Waals surface area contributed by atoms with Gasteiger partial charge in [0, 0.05) is 61.6 Å². The number of amides is 1. The molecule has 3 aromatic rings. The largest absolute Gasteiger partial charge is 0.380 e. The van der Waals surface area contributed by atoms with Gasteiger partial charge in [-0.2, -0.15) is 0 Å². The number of anilines is 2. The number of nitrogens with one attached hydrogen (secondary N) is 1.